The predicted octanol–water partition coefficient (Wildman–Crippen LogP) is 2.02. The smallest absolute Gasteiger partial charge is 0.251 e. The topological polar surface area (TPSA) is 49.3 Å². The number of aryl methyl sites for hydroxylation is 1. The second kappa shape index (κ2) is 6.35. The quantitative estimate of drug-likeness (QED) is 0.826. The van der Waals surface area contributed by atoms with E-state index in [-0.39, 0.29) is 17.8 Å². The monoisotopic (exact) mass is 239 g/mol. The Kier molecular flexibility index (Phi) is 5.10. The van der Waals surface area contributed by atoms with Crippen LogP contribution in [-0.4, -0.2) is 23.7 Å². The molecule has 1 unspecified atom stereocenters. The van der Waals surface area contributed by atoms with Gasteiger partial charge in [0, 0.05) is 12.1 Å². The molecule has 0 aliphatic rings. The van der Waals surface area contributed by atoms with E-state index < -0.39 is 0 Å². The average molecular weight is 239 g/mol. The van der Waals surface area contributed by atoms with Crippen LogP contribution in [0.4, 0.5) is 4.39 Å². The lowest BCUT2D eigenvalue weighted by atomic mass is 10.1. The highest BCUT2D eigenvalue weighted by atomic mass is 19.1. The lowest BCUT2D eigenvalue weighted by Crippen LogP contribution is -2.27. The summed E-state index contributed by atoms with van der Waals surface area (Å²) in [5.41, 5.74) is 0.890. The summed E-state index contributed by atoms with van der Waals surface area (Å²) in [5.74, 6) is -0.556. The fourth-order valence-electron chi connectivity index (χ4n) is 1.44. The standard InChI is InChI=1S/C13H18FNO2/c1-3-11(16)6-7-15-13(17)10-4-5-12(14)9(2)8-10/h4-5,8,11,16H,3,6-7H2,1-2H3,(H,15,17). The Labute approximate surface area is 101 Å². The molecule has 0 spiro atoms. The fourth-order valence-corrected chi connectivity index (χ4v) is 1.44. The predicted molar refractivity (Wildman–Crippen MR) is 64.4 cm³/mol. The molecule has 0 radical (unpaired) electrons. The van der Waals surface area contributed by atoms with E-state index in [0.29, 0.717) is 30.5 Å². The summed E-state index contributed by atoms with van der Waals surface area (Å²) in [6, 6.07) is 4.25. The number of halogens is 1. The van der Waals surface area contributed by atoms with Crippen molar-refractivity contribution in [3.05, 3.63) is 35.1 Å². The van der Waals surface area contributed by atoms with Gasteiger partial charge in [-0.3, -0.25) is 4.79 Å². The zero-order valence-electron chi connectivity index (χ0n) is 10.2. The number of aliphatic hydroxyl groups is 1. The Balaban J connectivity index is 2.50. The summed E-state index contributed by atoms with van der Waals surface area (Å²) in [5, 5.41) is 12.0. The molecule has 0 bridgehead atoms. The Bertz CT molecular complexity index is 393. The number of carbonyl (C=O) groups is 1. The number of aliphatic hydroxyl groups excluding tert-OH is 1. The number of nitrogens with one attached hydrogen (secondary N) is 1. The molecule has 0 aliphatic carbocycles. The first-order chi connectivity index (χ1) is 8.04. The van der Waals surface area contributed by atoms with Crippen molar-refractivity contribution in [2.24, 2.45) is 0 Å². The SMILES string of the molecule is CCC(O)CCNC(=O)c1ccc(F)c(C)c1. The number of amides is 1. The van der Waals surface area contributed by atoms with Gasteiger partial charge in [0.2, 0.25) is 0 Å². The molecular weight excluding hydrogens is 221 g/mol. The molecule has 1 aromatic carbocycles. The van der Waals surface area contributed by atoms with Gasteiger partial charge in [0.1, 0.15) is 5.82 Å². The van der Waals surface area contributed by atoms with E-state index in [1.807, 2.05) is 6.92 Å². The van der Waals surface area contributed by atoms with Gasteiger partial charge in [-0.05, 0) is 43.5 Å². The lowest BCUT2D eigenvalue weighted by molar-refractivity contribution is 0.0942. The van der Waals surface area contributed by atoms with Crippen LogP contribution in [0.15, 0.2) is 18.2 Å². The normalized spacial score (nSPS) is 12.2. The highest BCUT2D eigenvalue weighted by Crippen LogP contribution is 2.09. The molecule has 1 atom stereocenters. The fraction of sp³-hybridized carbons (Fsp3) is 0.462. The molecule has 0 saturated heterocycles. The largest absolute Gasteiger partial charge is 0.393 e. The van der Waals surface area contributed by atoms with E-state index in [1.165, 1.54) is 18.2 Å². The van der Waals surface area contributed by atoms with Crippen molar-refractivity contribution in [2.45, 2.75) is 32.8 Å². The Morgan fingerprint density at radius 3 is 2.82 bits per heavy atom. The zero-order chi connectivity index (χ0) is 12.8. The van der Waals surface area contributed by atoms with Gasteiger partial charge in [0.25, 0.3) is 5.91 Å². The summed E-state index contributed by atoms with van der Waals surface area (Å²) in [7, 11) is 0. The second-order valence-electron chi connectivity index (χ2n) is 4.07. The average Bonchev–Trinajstić information content (AvgIpc) is 2.32. The Morgan fingerprint density at radius 2 is 2.24 bits per heavy atom. The van der Waals surface area contributed by atoms with Crippen LogP contribution < -0.4 is 5.32 Å². The van der Waals surface area contributed by atoms with Crippen molar-refractivity contribution in [2.75, 3.05) is 6.54 Å². The molecule has 0 saturated carbocycles. The van der Waals surface area contributed by atoms with Gasteiger partial charge in [0.05, 0.1) is 6.10 Å². The van der Waals surface area contributed by atoms with E-state index in [4.69, 9.17) is 0 Å². The third-order valence-electron chi connectivity index (χ3n) is 2.65. The van der Waals surface area contributed by atoms with Gasteiger partial charge >= 0.3 is 0 Å². The molecule has 17 heavy (non-hydrogen) atoms. The van der Waals surface area contributed by atoms with Crippen LogP contribution in [0.2, 0.25) is 0 Å². The third kappa shape index (κ3) is 4.15. The number of benzene rings is 1. The van der Waals surface area contributed by atoms with Crippen LogP contribution in [0.5, 0.6) is 0 Å². The Morgan fingerprint density at radius 1 is 1.53 bits per heavy atom. The maximum atomic E-state index is 13.0. The highest BCUT2D eigenvalue weighted by Gasteiger charge is 2.08. The summed E-state index contributed by atoms with van der Waals surface area (Å²) < 4.78 is 13.0. The van der Waals surface area contributed by atoms with Crippen molar-refractivity contribution in [1.82, 2.24) is 5.32 Å². The van der Waals surface area contributed by atoms with Gasteiger partial charge in [-0.1, -0.05) is 6.92 Å². The molecule has 0 aromatic heterocycles. The van der Waals surface area contributed by atoms with Crippen molar-refractivity contribution >= 4 is 5.91 Å². The van der Waals surface area contributed by atoms with Crippen LogP contribution in [0.25, 0.3) is 0 Å². The maximum Gasteiger partial charge on any atom is 0.251 e. The number of hydrogen-bond acceptors (Lipinski definition) is 2. The van der Waals surface area contributed by atoms with Crippen LogP contribution >= 0.6 is 0 Å². The van der Waals surface area contributed by atoms with E-state index in [0.717, 1.165) is 0 Å². The first-order valence-corrected chi connectivity index (χ1v) is 5.77. The molecule has 0 aliphatic heterocycles. The van der Waals surface area contributed by atoms with E-state index >= 15 is 0 Å². The van der Waals surface area contributed by atoms with Gasteiger partial charge in [-0.25, -0.2) is 4.39 Å². The lowest BCUT2D eigenvalue weighted by Gasteiger charge is -2.09. The zero-order valence-corrected chi connectivity index (χ0v) is 10.2. The maximum absolute atomic E-state index is 13.0. The number of carbonyl (C=O) groups excluding carboxylic acids is 1. The van der Waals surface area contributed by atoms with Gasteiger partial charge < -0.3 is 10.4 Å². The molecule has 94 valence electrons. The molecule has 1 rings (SSSR count). The van der Waals surface area contributed by atoms with E-state index in [2.05, 4.69) is 5.32 Å². The third-order valence-corrected chi connectivity index (χ3v) is 2.65. The molecule has 1 amide bonds. The van der Waals surface area contributed by atoms with Crippen molar-refractivity contribution in [1.29, 1.82) is 0 Å². The molecule has 1 aromatic rings. The van der Waals surface area contributed by atoms with Crippen molar-refractivity contribution in [3.8, 4) is 0 Å². The minimum absolute atomic E-state index is 0.239. The number of hydrogen-bond donors (Lipinski definition) is 2. The molecule has 4 heteroatoms. The van der Waals surface area contributed by atoms with Crippen LogP contribution in [0.1, 0.15) is 35.7 Å². The second-order valence-corrected chi connectivity index (χ2v) is 4.07. The first kappa shape index (κ1) is 13.6. The summed E-state index contributed by atoms with van der Waals surface area (Å²) >= 11 is 0. The van der Waals surface area contributed by atoms with Crippen LogP contribution in [-0.2, 0) is 0 Å². The molecule has 3 nitrogen and oxygen atoms in total. The molecular formula is C13H18FNO2. The first-order valence-electron chi connectivity index (χ1n) is 5.77. The minimum atomic E-state index is -0.384. The van der Waals surface area contributed by atoms with Crippen LogP contribution in [0.3, 0.4) is 0 Å². The van der Waals surface area contributed by atoms with Gasteiger partial charge in [0.15, 0.2) is 0 Å². The van der Waals surface area contributed by atoms with E-state index in [9.17, 15) is 14.3 Å². The molecule has 2 N–H and O–H groups in total. The van der Waals surface area contributed by atoms with Crippen LogP contribution in [0, 0.1) is 12.7 Å². The molecule has 0 heterocycles. The minimum Gasteiger partial charge on any atom is -0.393 e. The summed E-state index contributed by atoms with van der Waals surface area (Å²) in [4.78, 5) is 11.7. The molecule has 0 fully saturated rings. The summed E-state index contributed by atoms with van der Waals surface area (Å²) in [6.07, 6.45) is 0.818. The van der Waals surface area contributed by atoms with Crippen molar-refractivity contribution in [3.63, 3.8) is 0 Å². The highest BCUT2D eigenvalue weighted by molar-refractivity contribution is 5.94. The van der Waals surface area contributed by atoms with Gasteiger partial charge in [-0.2, -0.15) is 0 Å². The number of rotatable bonds is 5. The summed E-state index contributed by atoms with van der Waals surface area (Å²) in [6.45, 7) is 3.92. The van der Waals surface area contributed by atoms with Gasteiger partial charge in [-0.15, -0.1) is 0 Å². The van der Waals surface area contributed by atoms with E-state index in [1.54, 1.807) is 6.92 Å². The Hall–Kier alpha value is -1.42. The van der Waals surface area contributed by atoms with Crippen molar-refractivity contribution < 1.29 is 14.3 Å².